The van der Waals surface area contributed by atoms with Crippen LogP contribution in [0, 0.1) is 5.82 Å². The average Bonchev–Trinajstić information content (AvgIpc) is 3.24. The van der Waals surface area contributed by atoms with Gasteiger partial charge in [-0.2, -0.15) is 0 Å². The summed E-state index contributed by atoms with van der Waals surface area (Å²) in [6, 6.07) is 6.89. The molecule has 1 aromatic rings. The van der Waals surface area contributed by atoms with Crippen molar-refractivity contribution in [3.63, 3.8) is 0 Å². The molecule has 2 N–H and O–H groups in total. The number of nitrogens with zero attached hydrogens (tertiary/aromatic N) is 1. The number of guanidine groups is 1. The Kier molecular flexibility index (Phi) is 4.95. The first-order valence-corrected chi connectivity index (χ1v) is 6.90. The van der Waals surface area contributed by atoms with Gasteiger partial charge in [0.25, 0.3) is 0 Å². The lowest BCUT2D eigenvalue weighted by molar-refractivity contribution is 0.203. The molecule has 0 unspecified atom stereocenters. The molecular formula is C15H22FN3O. The molecule has 1 aliphatic carbocycles. The summed E-state index contributed by atoms with van der Waals surface area (Å²) < 4.78 is 18.3. The molecule has 110 valence electrons. The van der Waals surface area contributed by atoms with E-state index in [2.05, 4.69) is 15.6 Å². The molecule has 0 heterocycles. The third kappa shape index (κ3) is 3.70. The Hall–Kier alpha value is -1.62. The highest BCUT2D eigenvalue weighted by Crippen LogP contribution is 2.47. The molecule has 0 aromatic heterocycles. The molecule has 0 amide bonds. The zero-order valence-electron chi connectivity index (χ0n) is 12.1. The highest BCUT2D eigenvalue weighted by molar-refractivity contribution is 5.79. The predicted molar refractivity (Wildman–Crippen MR) is 78.6 cm³/mol. The van der Waals surface area contributed by atoms with Crippen LogP contribution >= 0.6 is 0 Å². The largest absolute Gasteiger partial charge is 0.383 e. The van der Waals surface area contributed by atoms with Crippen molar-refractivity contribution in [2.24, 2.45) is 4.99 Å². The van der Waals surface area contributed by atoms with Gasteiger partial charge in [-0.05, 0) is 30.5 Å². The summed E-state index contributed by atoms with van der Waals surface area (Å²) in [4.78, 5) is 4.17. The van der Waals surface area contributed by atoms with Crippen LogP contribution in [0.25, 0.3) is 0 Å². The van der Waals surface area contributed by atoms with Crippen molar-refractivity contribution in [1.29, 1.82) is 0 Å². The van der Waals surface area contributed by atoms with Gasteiger partial charge in [-0.25, -0.2) is 4.39 Å². The number of hydrogen-bond donors (Lipinski definition) is 2. The Bertz CT molecular complexity index is 472. The summed E-state index contributed by atoms with van der Waals surface area (Å²) in [7, 11) is 3.41. The van der Waals surface area contributed by atoms with Gasteiger partial charge in [0.05, 0.1) is 6.61 Å². The Balaban J connectivity index is 1.89. The SMILES string of the molecule is CN=C(NCCOC)NCC1(c2cccc(F)c2)CC1. The average molecular weight is 279 g/mol. The van der Waals surface area contributed by atoms with Crippen LogP contribution in [-0.4, -0.2) is 39.8 Å². The fraction of sp³-hybridized carbons (Fsp3) is 0.533. The summed E-state index contributed by atoms with van der Waals surface area (Å²) in [5.74, 6) is 0.584. The van der Waals surface area contributed by atoms with Crippen molar-refractivity contribution in [2.45, 2.75) is 18.3 Å². The number of hydrogen-bond acceptors (Lipinski definition) is 2. The molecule has 1 aromatic carbocycles. The highest BCUT2D eigenvalue weighted by atomic mass is 19.1. The number of methoxy groups -OCH3 is 1. The van der Waals surface area contributed by atoms with E-state index < -0.39 is 0 Å². The molecule has 1 aliphatic rings. The van der Waals surface area contributed by atoms with Crippen molar-refractivity contribution >= 4 is 5.96 Å². The third-order valence-corrected chi connectivity index (χ3v) is 3.71. The number of halogens is 1. The van der Waals surface area contributed by atoms with Gasteiger partial charge in [0, 0.05) is 32.7 Å². The molecule has 2 rings (SSSR count). The summed E-state index contributed by atoms with van der Waals surface area (Å²) in [5, 5.41) is 6.48. The number of ether oxygens (including phenoxy) is 1. The first-order chi connectivity index (χ1) is 9.70. The normalized spacial score (nSPS) is 16.9. The second kappa shape index (κ2) is 6.70. The Morgan fingerprint density at radius 1 is 1.40 bits per heavy atom. The van der Waals surface area contributed by atoms with Crippen molar-refractivity contribution in [3.8, 4) is 0 Å². The molecular weight excluding hydrogens is 257 g/mol. The topological polar surface area (TPSA) is 45.7 Å². The molecule has 0 aliphatic heterocycles. The van der Waals surface area contributed by atoms with E-state index in [0.717, 1.165) is 30.9 Å². The van der Waals surface area contributed by atoms with E-state index in [1.54, 1.807) is 26.3 Å². The lowest BCUT2D eigenvalue weighted by Crippen LogP contribution is -2.42. The number of rotatable bonds is 6. The van der Waals surface area contributed by atoms with Gasteiger partial charge in [0.15, 0.2) is 5.96 Å². The molecule has 0 bridgehead atoms. The standard InChI is InChI=1S/C15H22FN3O/c1-17-14(18-8-9-20-2)19-11-15(6-7-15)12-4-3-5-13(16)10-12/h3-5,10H,6-9,11H2,1-2H3,(H2,17,18,19). The molecule has 0 spiro atoms. The monoisotopic (exact) mass is 279 g/mol. The fourth-order valence-corrected chi connectivity index (χ4v) is 2.28. The van der Waals surface area contributed by atoms with E-state index in [1.165, 1.54) is 6.07 Å². The number of aliphatic imine (C=N–C) groups is 1. The molecule has 20 heavy (non-hydrogen) atoms. The lowest BCUT2D eigenvalue weighted by Gasteiger charge is -2.19. The minimum absolute atomic E-state index is 0.0565. The number of nitrogens with one attached hydrogen (secondary N) is 2. The fourth-order valence-electron chi connectivity index (χ4n) is 2.28. The van der Waals surface area contributed by atoms with Crippen molar-refractivity contribution in [2.75, 3.05) is 33.9 Å². The van der Waals surface area contributed by atoms with Crippen molar-refractivity contribution < 1.29 is 9.13 Å². The minimum Gasteiger partial charge on any atom is -0.383 e. The van der Waals surface area contributed by atoms with E-state index in [0.29, 0.717) is 13.2 Å². The van der Waals surface area contributed by atoms with Crippen LogP contribution in [0.1, 0.15) is 18.4 Å². The molecule has 4 nitrogen and oxygen atoms in total. The maximum atomic E-state index is 13.3. The first-order valence-electron chi connectivity index (χ1n) is 6.90. The predicted octanol–water partition coefficient (Wildman–Crippen LogP) is 1.67. The Morgan fingerprint density at radius 2 is 2.20 bits per heavy atom. The van der Waals surface area contributed by atoms with E-state index in [-0.39, 0.29) is 11.2 Å². The summed E-state index contributed by atoms with van der Waals surface area (Å²) >= 11 is 0. The van der Waals surface area contributed by atoms with Crippen LogP contribution in [-0.2, 0) is 10.2 Å². The smallest absolute Gasteiger partial charge is 0.191 e. The third-order valence-electron chi connectivity index (χ3n) is 3.71. The van der Waals surface area contributed by atoms with Crippen LogP contribution in [0.4, 0.5) is 4.39 Å². The molecule has 0 saturated heterocycles. The van der Waals surface area contributed by atoms with E-state index in [4.69, 9.17) is 4.74 Å². The van der Waals surface area contributed by atoms with Gasteiger partial charge in [-0.1, -0.05) is 12.1 Å². The zero-order chi connectivity index (χ0) is 14.4. The Labute approximate surface area is 119 Å². The van der Waals surface area contributed by atoms with Crippen LogP contribution < -0.4 is 10.6 Å². The summed E-state index contributed by atoms with van der Waals surface area (Å²) in [6.45, 7) is 2.11. The van der Waals surface area contributed by atoms with Gasteiger partial charge >= 0.3 is 0 Å². The van der Waals surface area contributed by atoms with Gasteiger partial charge in [0.1, 0.15) is 5.82 Å². The van der Waals surface area contributed by atoms with Gasteiger partial charge in [-0.15, -0.1) is 0 Å². The molecule has 0 atom stereocenters. The second-order valence-electron chi connectivity index (χ2n) is 5.14. The molecule has 0 radical (unpaired) electrons. The van der Waals surface area contributed by atoms with Gasteiger partial charge in [-0.3, -0.25) is 4.99 Å². The summed E-state index contributed by atoms with van der Waals surface area (Å²) in [6.07, 6.45) is 2.16. The van der Waals surface area contributed by atoms with Crippen molar-refractivity contribution in [1.82, 2.24) is 10.6 Å². The second-order valence-corrected chi connectivity index (χ2v) is 5.14. The highest BCUT2D eigenvalue weighted by Gasteiger charge is 2.44. The number of benzene rings is 1. The van der Waals surface area contributed by atoms with E-state index in [1.807, 2.05) is 6.07 Å². The summed E-state index contributed by atoms with van der Waals surface area (Å²) in [5.41, 5.74) is 1.12. The maximum Gasteiger partial charge on any atom is 0.191 e. The van der Waals surface area contributed by atoms with Crippen LogP contribution in [0.15, 0.2) is 29.3 Å². The first kappa shape index (κ1) is 14.8. The van der Waals surface area contributed by atoms with Crippen molar-refractivity contribution in [3.05, 3.63) is 35.6 Å². The molecule has 5 heteroatoms. The minimum atomic E-state index is -0.170. The van der Waals surface area contributed by atoms with Crippen LogP contribution in [0.2, 0.25) is 0 Å². The molecule has 1 fully saturated rings. The quantitative estimate of drug-likeness (QED) is 0.473. The zero-order valence-corrected chi connectivity index (χ0v) is 12.1. The van der Waals surface area contributed by atoms with Gasteiger partial charge in [0.2, 0.25) is 0 Å². The van der Waals surface area contributed by atoms with E-state index >= 15 is 0 Å². The maximum absolute atomic E-state index is 13.3. The Morgan fingerprint density at radius 3 is 2.80 bits per heavy atom. The lowest BCUT2D eigenvalue weighted by atomic mass is 9.96. The van der Waals surface area contributed by atoms with Gasteiger partial charge < -0.3 is 15.4 Å². The van der Waals surface area contributed by atoms with Crippen LogP contribution in [0.3, 0.4) is 0 Å². The van der Waals surface area contributed by atoms with Crippen LogP contribution in [0.5, 0.6) is 0 Å². The van der Waals surface area contributed by atoms with E-state index in [9.17, 15) is 4.39 Å². The molecule has 1 saturated carbocycles.